The van der Waals surface area contributed by atoms with Crippen LogP contribution in [0.1, 0.15) is 44.4 Å². The lowest BCUT2D eigenvalue weighted by atomic mass is 9.61. The maximum Gasteiger partial charge on any atom is 0.331 e. The molecule has 0 radical (unpaired) electrons. The van der Waals surface area contributed by atoms with Crippen molar-refractivity contribution in [3.05, 3.63) is 46.6 Å². The summed E-state index contributed by atoms with van der Waals surface area (Å²) in [6.45, 7) is 4.21. The van der Waals surface area contributed by atoms with E-state index in [9.17, 15) is 29.3 Å². The van der Waals surface area contributed by atoms with Crippen LogP contribution in [0, 0.1) is 24.1 Å². The summed E-state index contributed by atoms with van der Waals surface area (Å²) in [5.41, 5.74) is -0.850. The third kappa shape index (κ3) is 3.51. The number of carboxylic acid groups (broad SMARTS) is 2. The second-order valence-electron chi connectivity index (χ2n) is 6.86. The topological polar surface area (TPSA) is 108 Å². The number of aliphatic hydroxyl groups excluding tert-OH is 1. The molecule has 0 bridgehead atoms. The number of aromatic nitrogens is 1. The Morgan fingerprint density at radius 1 is 1.30 bits per heavy atom. The van der Waals surface area contributed by atoms with E-state index in [1.807, 2.05) is 6.92 Å². The fourth-order valence-electron chi connectivity index (χ4n) is 3.71. The molecule has 0 fully saturated rings. The van der Waals surface area contributed by atoms with Gasteiger partial charge in [-0.3, -0.25) is 9.78 Å². The molecule has 1 aromatic rings. The van der Waals surface area contributed by atoms with Crippen molar-refractivity contribution in [3.63, 3.8) is 0 Å². The van der Waals surface area contributed by atoms with Gasteiger partial charge in [0.1, 0.15) is 11.2 Å². The van der Waals surface area contributed by atoms with E-state index in [0.717, 1.165) is 6.42 Å². The number of halogens is 1. The van der Waals surface area contributed by atoms with Crippen LogP contribution < -0.4 is 0 Å². The quantitative estimate of drug-likeness (QED) is 0.673. The molecule has 0 aliphatic heterocycles. The lowest BCUT2D eigenvalue weighted by molar-refractivity contribution is -0.152. The van der Waals surface area contributed by atoms with Gasteiger partial charge in [-0.15, -0.1) is 0 Å². The van der Waals surface area contributed by atoms with Gasteiger partial charge < -0.3 is 15.3 Å². The smallest absolute Gasteiger partial charge is 0.331 e. The lowest BCUT2D eigenvalue weighted by Gasteiger charge is -2.41. The molecule has 0 spiro atoms. The summed E-state index contributed by atoms with van der Waals surface area (Å²) >= 11 is 0. The van der Waals surface area contributed by atoms with Crippen molar-refractivity contribution in [1.29, 1.82) is 0 Å². The Kier molecular flexibility index (Phi) is 6.15. The first-order chi connectivity index (χ1) is 12.7. The number of aliphatic hydroxyl groups is 1. The predicted molar refractivity (Wildman–Crippen MR) is 97.4 cm³/mol. The molecular weight excluding hydrogens is 353 g/mol. The summed E-state index contributed by atoms with van der Waals surface area (Å²) in [5, 5.41) is 29.8. The van der Waals surface area contributed by atoms with Crippen LogP contribution in [0.4, 0.5) is 4.39 Å². The van der Waals surface area contributed by atoms with Gasteiger partial charge in [0.15, 0.2) is 0 Å². The molecule has 1 aliphatic carbocycles. The number of hydrogen-bond donors (Lipinski definition) is 3. The lowest BCUT2D eigenvalue weighted by Crippen LogP contribution is -2.47. The molecule has 0 amide bonds. The van der Waals surface area contributed by atoms with Gasteiger partial charge in [0.2, 0.25) is 0 Å². The van der Waals surface area contributed by atoms with Gasteiger partial charge >= 0.3 is 11.9 Å². The van der Waals surface area contributed by atoms with Crippen molar-refractivity contribution < 1.29 is 29.3 Å². The van der Waals surface area contributed by atoms with Crippen LogP contribution in [-0.4, -0.2) is 38.8 Å². The standard InChI is InChI=1S/C20H24FNO5/c1-4-5-6-16-15(18(24)25)8-14(11(2)20(16,10-23)19(26)27)13-7-17(21)12(3)22-9-13/h7-9,16,23H,4-6,10H2,1-3H3,(H,24,25)(H,26,27). The minimum atomic E-state index is -1.78. The number of carboxylic acids is 2. The second kappa shape index (κ2) is 8.00. The van der Waals surface area contributed by atoms with Crippen molar-refractivity contribution in [2.24, 2.45) is 11.3 Å². The summed E-state index contributed by atoms with van der Waals surface area (Å²) in [6.07, 6.45) is 4.46. The number of unbranched alkanes of at least 4 members (excludes halogenated alkanes) is 1. The average molecular weight is 377 g/mol. The van der Waals surface area contributed by atoms with Gasteiger partial charge in [-0.05, 0) is 43.6 Å². The van der Waals surface area contributed by atoms with E-state index < -0.39 is 35.7 Å². The van der Waals surface area contributed by atoms with Gasteiger partial charge in [0.25, 0.3) is 0 Å². The normalized spacial score (nSPS) is 22.6. The Morgan fingerprint density at radius 2 is 1.96 bits per heavy atom. The zero-order chi connectivity index (χ0) is 20.4. The zero-order valence-corrected chi connectivity index (χ0v) is 15.6. The first kappa shape index (κ1) is 20.8. The Hall–Kier alpha value is -2.54. The van der Waals surface area contributed by atoms with E-state index in [1.54, 1.807) is 6.92 Å². The van der Waals surface area contributed by atoms with Crippen molar-refractivity contribution in [2.75, 3.05) is 6.61 Å². The van der Waals surface area contributed by atoms with Gasteiger partial charge in [0, 0.05) is 23.3 Å². The van der Waals surface area contributed by atoms with Gasteiger partial charge in [-0.2, -0.15) is 0 Å². The molecule has 6 nitrogen and oxygen atoms in total. The molecule has 1 heterocycles. The third-order valence-corrected chi connectivity index (χ3v) is 5.40. The van der Waals surface area contributed by atoms with Crippen LogP contribution >= 0.6 is 0 Å². The average Bonchev–Trinajstić information content (AvgIpc) is 2.62. The Bertz CT molecular complexity index is 830. The number of aryl methyl sites for hydroxylation is 1. The predicted octanol–water partition coefficient (Wildman–Crippen LogP) is 3.20. The van der Waals surface area contributed by atoms with E-state index in [4.69, 9.17) is 0 Å². The minimum absolute atomic E-state index is 0.0958. The monoisotopic (exact) mass is 377 g/mol. The molecule has 0 saturated heterocycles. The van der Waals surface area contributed by atoms with Crippen LogP contribution in [0.25, 0.3) is 5.57 Å². The first-order valence-corrected chi connectivity index (χ1v) is 8.83. The van der Waals surface area contributed by atoms with E-state index in [2.05, 4.69) is 4.98 Å². The third-order valence-electron chi connectivity index (χ3n) is 5.40. The summed E-state index contributed by atoms with van der Waals surface area (Å²) in [6, 6.07) is 1.20. The molecule has 1 aromatic heterocycles. The highest BCUT2D eigenvalue weighted by molar-refractivity contribution is 5.98. The number of aliphatic carboxylic acids is 2. The van der Waals surface area contributed by atoms with E-state index in [1.165, 1.54) is 25.3 Å². The van der Waals surface area contributed by atoms with Crippen LogP contribution in [0.5, 0.6) is 0 Å². The van der Waals surface area contributed by atoms with Gasteiger partial charge in [-0.1, -0.05) is 19.8 Å². The number of hydrogen-bond acceptors (Lipinski definition) is 4. The number of allylic oxidation sites excluding steroid dienone is 2. The Labute approximate surface area is 157 Å². The Morgan fingerprint density at radius 3 is 2.44 bits per heavy atom. The highest BCUT2D eigenvalue weighted by Gasteiger charge is 2.52. The highest BCUT2D eigenvalue weighted by Crippen LogP contribution is 2.49. The van der Waals surface area contributed by atoms with Crippen LogP contribution in [-0.2, 0) is 9.59 Å². The maximum absolute atomic E-state index is 14.0. The first-order valence-electron chi connectivity index (χ1n) is 8.83. The molecule has 2 unspecified atom stereocenters. The van der Waals surface area contributed by atoms with Gasteiger partial charge in [0.05, 0.1) is 12.3 Å². The molecule has 1 aliphatic rings. The van der Waals surface area contributed by atoms with Crippen molar-refractivity contribution >= 4 is 17.5 Å². The minimum Gasteiger partial charge on any atom is -0.481 e. The summed E-state index contributed by atoms with van der Waals surface area (Å²) < 4.78 is 14.0. The Balaban J connectivity index is 2.78. The van der Waals surface area contributed by atoms with E-state index in [-0.39, 0.29) is 22.4 Å². The molecule has 7 heteroatoms. The molecule has 3 N–H and O–H groups in total. The number of pyridine rings is 1. The number of nitrogens with zero attached hydrogens (tertiary/aromatic N) is 1. The van der Waals surface area contributed by atoms with E-state index >= 15 is 0 Å². The molecule has 0 saturated carbocycles. The van der Waals surface area contributed by atoms with Crippen LogP contribution in [0.15, 0.2) is 29.5 Å². The second-order valence-corrected chi connectivity index (χ2v) is 6.86. The molecule has 2 atom stereocenters. The summed E-state index contributed by atoms with van der Waals surface area (Å²) in [5.74, 6) is -4.00. The molecule has 0 aromatic carbocycles. The highest BCUT2D eigenvalue weighted by atomic mass is 19.1. The summed E-state index contributed by atoms with van der Waals surface area (Å²) in [4.78, 5) is 28.1. The SMILES string of the molecule is CCCCC1C(C(=O)O)=CC(c2cnc(C)c(F)c2)=C(C)C1(CO)C(=O)O. The van der Waals surface area contributed by atoms with Gasteiger partial charge in [-0.25, -0.2) is 9.18 Å². The molecule has 27 heavy (non-hydrogen) atoms. The fraction of sp³-hybridized carbons (Fsp3) is 0.450. The van der Waals surface area contributed by atoms with Crippen LogP contribution in [0.3, 0.4) is 0 Å². The molecule has 146 valence electrons. The largest absolute Gasteiger partial charge is 0.481 e. The van der Waals surface area contributed by atoms with Crippen molar-refractivity contribution in [1.82, 2.24) is 4.98 Å². The number of rotatable bonds is 7. The fourth-order valence-corrected chi connectivity index (χ4v) is 3.71. The number of carbonyl (C=O) groups is 2. The van der Waals surface area contributed by atoms with Crippen molar-refractivity contribution in [2.45, 2.75) is 40.0 Å². The summed E-state index contributed by atoms with van der Waals surface area (Å²) in [7, 11) is 0. The molecule has 2 rings (SSSR count). The van der Waals surface area contributed by atoms with E-state index in [0.29, 0.717) is 18.4 Å². The molecular formula is C20H24FNO5. The van der Waals surface area contributed by atoms with Crippen molar-refractivity contribution in [3.8, 4) is 0 Å². The maximum atomic E-state index is 14.0. The van der Waals surface area contributed by atoms with Crippen LogP contribution in [0.2, 0.25) is 0 Å². The zero-order valence-electron chi connectivity index (χ0n) is 15.6.